The Morgan fingerprint density at radius 2 is 1.50 bits per heavy atom. The Labute approximate surface area is 283 Å². The van der Waals surface area contributed by atoms with Crippen LogP contribution in [-0.4, -0.2) is 23.9 Å². The Morgan fingerprint density at radius 1 is 0.783 bits per heavy atom. The Balaban J connectivity index is 1.34. The van der Waals surface area contributed by atoms with Crippen LogP contribution in [0.15, 0.2) is 124 Å². The molecule has 0 radical (unpaired) electrons. The minimum Gasteiger partial charge on any atom is -0.497 e. The van der Waals surface area contributed by atoms with E-state index in [1.54, 1.807) is 55.6 Å². The van der Waals surface area contributed by atoms with E-state index in [1.807, 2.05) is 66.7 Å². The average molecular weight is 743 g/mol. The molecular formula is C36H29Br2N3O5. The summed E-state index contributed by atoms with van der Waals surface area (Å²) in [6, 6.07) is 35.2. The largest absolute Gasteiger partial charge is 0.497 e. The Morgan fingerprint density at radius 3 is 2.30 bits per heavy atom. The molecular weight excluding hydrogens is 714 g/mol. The summed E-state index contributed by atoms with van der Waals surface area (Å²) in [5.74, 6) is 0.545. The van der Waals surface area contributed by atoms with Crippen LogP contribution in [0.1, 0.15) is 43.6 Å². The molecule has 5 aromatic carbocycles. The molecule has 0 fully saturated rings. The Kier molecular flexibility index (Phi) is 9.56. The molecule has 1 aliphatic rings. The summed E-state index contributed by atoms with van der Waals surface area (Å²) in [5, 5.41) is 4.72. The van der Waals surface area contributed by atoms with Crippen LogP contribution in [0.25, 0.3) is 0 Å². The first-order chi connectivity index (χ1) is 22.4. The van der Waals surface area contributed by atoms with Gasteiger partial charge in [0, 0.05) is 20.2 Å². The monoisotopic (exact) mass is 741 g/mol. The van der Waals surface area contributed by atoms with E-state index < -0.39 is 18.0 Å². The van der Waals surface area contributed by atoms with Crippen LogP contribution < -0.4 is 25.0 Å². The van der Waals surface area contributed by atoms with E-state index in [0.717, 1.165) is 20.1 Å². The number of hydrogen-bond acceptors (Lipinski definition) is 6. The smallest absolute Gasteiger partial charge is 0.276 e. The maximum absolute atomic E-state index is 14.1. The van der Waals surface area contributed by atoms with Crippen molar-refractivity contribution in [1.29, 1.82) is 0 Å². The first kappa shape index (κ1) is 31.2. The minimum absolute atomic E-state index is 0.279. The maximum Gasteiger partial charge on any atom is 0.276 e. The lowest BCUT2D eigenvalue weighted by molar-refractivity contribution is 0.0485. The summed E-state index contributed by atoms with van der Waals surface area (Å²) in [6.07, 6.45) is -0.852. The van der Waals surface area contributed by atoms with Gasteiger partial charge in [-0.25, -0.2) is 5.01 Å². The molecule has 0 bridgehead atoms. The van der Waals surface area contributed by atoms with Crippen LogP contribution in [0.4, 0.5) is 5.69 Å². The fourth-order valence-corrected chi connectivity index (χ4v) is 5.89. The van der Waals surface area contributed by atoms with Crippen molar-refractivity contribution >= 4 is 49.4 Å². The third-order valence-electron chi connectivity index (χ3n) is 7.37. The van der Waals surface area contributed by atoms with Crippen molar-refractivity contribution in [3.8, 4) is 17.2 Å². The average Bonchev–Trinajstić information content (AvgIpc) is 3.08. The number of nitrogens with zero attached hydrogens (tertiary/aromatic N) is 1. The highest BCUT2D eigenvalue weighted by Gasteiger charge is 2.37. The number of carbonyl (C=O) groups is 2. The van der Waals surface area contributed by atoms with Crippen LogP contribution in [0, 0.1) is 0 Å². The lowest BCUT2D eigenvalue weighted by Gasteiger charge is -2.38. The first-order valence-corrected chi connectivity index (χ1v) is 16.0. The molecule has 1 aliphatic heterocycles. The molecule has 0 aromatic heterocycles. The van der Waals surface area contributed by atoms with Gasteiger partial charge in [-0.3, -0.25) is 15.0 Å². The molecule has 2 amide bonds. The number of anilines is 1. The number of halogens is 2. The molecule has 232 valence electrons. The van der Waals surface area contributed by atoms with Gasteiger partial charge in [-0.15, -0.1) is 0 Å². The van der Waals surface area contributed by atoms with Gasteiger partial charge in [0.2, 0.25) is 0 Å². The highest BCUT2D eigenvalue weighted by Crippen LogP contribution is 2.39. The van der Waals surface area contributed by atoms with Crippen LogP contribution in [0.2, 0.25) is 0 Å². The zero-order chi connectivity index (χ0) is 32.0. The van der Waals surface area contributed by atoms with Gasteiger partial charge in [0.05, 0.1) is 18.2 Å². The second-order valence-electron chi connectivity index (χ2n) is 10.4. The predicted octanol–water partition coefficient (Wildman–Crippen LogP) is 8.29. The number of hydrogen-bond donors (Lipinski definition) is 2. The lowest BCUT2D eigenvalue weighted by atomic mass is 10.0. The van der Waals surface area contributed by atoms with Gasteiger partial charge in [0.1, 0.15) is 30.5 Å². The van der Waals surface area contributed by atoms with Gasteiger partial charge in [-0.1, -0.05) is 86.5 Å². The number of nitrogens with one attached hydrogen (secondary N) is 2. The molecule has 0 aliphatic carbocycles. The molecule has 5 aromatic rings. The molecule has 10 heteroatoms. The normalized spacial score (nSPS) is 13.8. The number of methoxy groups -OCH3 is 1. The highest BCUT2D eigenvalue weighted by molar-refractivity contribution is 9.10. The van der Waals surface area contributed by atoms with Crippen LogP contribution in [0.5, 0.6) is 17.2 Å². The fourth-order valence-electron chi connectivity index (χ4n) is 5.08. The summed E-state index contributed by atoms with van der Waals surface area (Å²) >= 11 is 6.98. The molecule has 0 unspecified atom stereocenters. The van der Waals surface area contributed by atoms with E-state index in [4.69, 9.17) is 14.2 Å². The zero-order valence-electron chi connectivity index (χ0n) is 24.7. The highest BCUT2D eigenvalue weighted by atomic mass is 79.9. The molecule has 1 atom stereocenters. The SMILES string of the molecule is COc1ccc(OCc2cccc(Br)c2)c([C@@H]2Nc3ccc(Br)cc3C(=O)N2NC(=O)c2ccccc2OCc2ccccc2)c1. The van der Waals surface area contributed by atoms with Crippen molar-refractivity contribution in [2.45, 2.75) is 19.4 Å². The number of para-hydroxylation sites is 1. The molecule has 0 saturated heterocycles. The van der Waals surface area contributed by atoms with Gasteiger partial charge in [0.25, 0.3) is 11.8 Å². The van der Waals surface area contributed by atoms with Crippen molar-refractivity contribution in [2.24, 2.45) is 0 Å². The Hall–Kier alpha value is -4.80. The molecule has 46 heavy (non-hydrogen) atoms. The van der Waals surface area contributed by atoms with E-state index in [9.17, 15) is 9.59 Å². The van der Waals surface area contributed by atoms with E-state index >= 15 is 0 Å². The summed E-state index contributed by atoms with van der Waals surface area (Å²) in [5.41, 5.74) is 6.64. The molecule has 6 rings (SSSR count). The number of rotatable bonds is 10. The van der Waals surface area contributed by atoms with Crippen LogP contribution >= 0.6 is 31.9 Å². The number of hydrazine groups is 1. The van der Waals surface area contributed by atoms with Gasteiger partial charge in [-0.2, -0.15) is 0 Å². The number of benzene rings is 5. The molecule has 8 nitrogen and oxygen atoms in total. The predicted molar refractivity (Wildman–Crippen MR) is 183 cm³/mol. The van der Waals surface area contributed by atoms with E-state index in [0.29, 0.717) is 34.1 Å². The summed E-state index contributed by atoms with van der Waals surface area (Å²) in [7, 11) is 1.57. The quantitative estimate of drug-likeness (QED) is 0.150. The van der Waals surface area contributed by atoms with E-state index in [-0.39, 0.29) is 18.8 Å². The molecule has 1 heterocycles. The van der Waals surface area contributed by atoms with Crippen molar-refractivity contribution in [2.75, 3.05) is 12.4 Å². The fraction of sp³-hybridized carbons (Fsp3) is 0.111. The summed E-state index contributed by atoms with van der Waals surface area (Å²) in [4.78, 5) is 28.1. The minimum atomic E-state index is -0.852. The standard InChI is InChI=1S/C36H29Br2N3O5/c1-44-27-15-17-33(46-22-24-10-7-11-25(37)18-24)30(20-27)34-39-31-16-14-26(38)19-29(31)36(43)41(34)40-35(42)28-12-5-6-13-32(28)45-21-23-8-3-2-4-9-23/h2-20,34,39H,21-22H2,1H3,(H,40,42)/t34-/m1/s1. The van der Waals surface area contributed by atoms with Gasteiger partial charge in [0.15, 0.2) is 6.17 Å². The van der Waals surface area contributed by atoms with Gasteiger partial charge < -0.3 is 19.5 Å². The number of amides is 2. The van der Waals surface area contributed by atoms with Gasteiger partial charge in [-0.05, 0) is 71.8 Å². The molecule has 0 saturated carbocycles. The van der Waals surface area contributed by atoms with Crippen molar-refractivity contribution in [3.63, 3.8) is 0 Å². The molecule has 0 spiro atoms. The number of carbonyl (C=O) groups excluding carboxylic acids is 2. The zero-order valence-corrected chi connectivity index (χ0v) is 27.9. The second-order valence-corrected chi connectivity index (χ2v) is 12.3. The van der Waals surface area contributed by atoms with Crippen molar-refractivity contribution in [3.05, 3.63) is 152 Å². The first-order valence-electron chi connectivity index (χ1n) is 14.4. The van der Waals surface area contributed by atoms with Crippen molar-refractivity contribution in [1.82, 2.24) is 10.4 Å². The number of ether oxygens (including phenoxy) is 3. The van der Waals surface area contributed by atoms with Crippen molar-refractivity contribution < 1.29 is 23.8 Å². The maximum atomic E-state index is 14.1. The van der Waals surface area contributed by atoms with Crippen LogP contribution in [0.3, 0.4) is 0 Å². The van der Waals surface area contributed by atoms with E-state index in [2.05, 4.69) is 42.6 Å². The third kappa shape index (κ3) is 7.03. The van der Waals surface area contributed by atoms with E-state index in [1.165, 1.54) is 5.01 Å². The topological polar surface area (TPSA) is 89.1 Å². The summed E-state index contributed by atoms with van der Waals surface area (Å²) in [6.45, 7) is 0.559. The lowest BCUT2D eigenvalue weighted by Crippen LogP contribution is -2.53. The molecule has 2 N–H and O–H groups in total. The third-order valence-corrected chi connectivity index (χ3v) is 8.35. The second kappa shape index (κ2) is 14.1. The van der Waals surface area contributed by atoms with Crippen LogP contribution in [-0.2, 0) is 13.2 Å². The number of fused-ring (bicyclic) bond motifs is 1. The summed E-state index contributed by atoms with van der Waals surface area (Å²) < 4.78 is 19.6. The Bertz CT molecular complexity index is 1890. The van der Waals surface area contributed by atoms with Gasteiger partial charge >= 0.3 is 0 Å².